The van der Waals surface area contributed by atoms with E-state index in [1.807, 2.05) is 31.2 Å². The first-order valence-corrected chi connectivity index (χ1v) is 9.05. The van der Waals surface area contributed by atoms with Crippen LogP contribution < -0.4 is 10.2 Å². The van der Waals surface area contributed by atoms with Crippen LogP contribution >= 0.6 is 0 Å². The molecule has 0 aromatic heterocycles. The maximum Gasteiger partial charge on any atom is 0.269 e. The summed E-state index contributed by atoms with van der Waals surface area (Å²) in [6, 6.07) is 14.7. The van der Waals surface area contributed by atoms with Crippen molar-refractivity contribution in [1.29, 1.82) is 0 Å². The maximum atomic E-state index is 12.2. The van der Waals surface area contributed by atoms with Crippen molar-refractivity contribution < 1.29 is 9.72 Å². The lowest BCUT2D eigenvalue weighted by atomic mass is 10.1. The van der Waals surface area contributed by atoms with E-state index < -0.39 is 4.92 Å². The number of carbonyl (C=O) groups is 1. The zero-order valence-corrected chi connectivity index (χ0v) is 15.4. The van der Waals surface area contributed by atoms with Crippen LogP contribution in [0.25, 0.3) is 0 Å². The summed E-state index contributed by atoms with van der Waals surface area (Å²) in [5.41, 5.74) is 3.37. The van der Waals surface area contributed by atoms with Gasteiger partial charge in [0.25, 0.3) is 5.69 Å². The number of benzene rings is 2. The summed E-state index contributed by atoms with van der Waals surface area (Å²) in [6.45, 7) is 6.14. The van der Waals surface area contributed by atoms with E-state index >= 15 is 0 Å². The number of hydrogen-bond donors (Lipinski definition) is 1. The molecule has 1 heterocycles. The van der Waals surface area contributed by atoms with Crippen LogP contribution in [-0.4, -0.2) is 48.5 Å². The molecule has 0 saturated carbocycles. The third-order valence-electron chi connectivity index (χ3n) is 4.78. The fourth-order valence-electron chi connectivity index (χ4n) is 3.11. The van der Waals surface area contributed by atoms with Gasteiger partial charge in [-0.3, -0.25) is 19.8 Å². The van der Waals surface area contributed by atoms with E-state index in [4.69, 9.17) is 0 Å². The highest BCUT2D eigenvalue weighted by atomic mass is 16.6. The molecular formula is C20H24N4O3. The Hall–Kier alpha value is -2.93. The number of non-ortho nitro benzene ring substituents is 1. The second-order valence-electron chi connectivity index (χ2n) is 6.80. The van der Waals surface area contributed by atoms with Crippen LogP contribution in [0, 0.1) is 17.0 Å². The van der Waals surface area contributed by atoms with Crippen LogP contribution in [0.1, 0.15) is 11.1 Å². The van der Waals surface area contributed by atoms with E-state index in [0.717, 1.165) is 37.4 Å². The molecule has 1 N–H and O–H groups in total. The third kappa shape index (κ3) is 5.27. The van der Waals surface area contributed by atoms with Gasteiger partial charge >= 0.3 is 0 Å². The molecule has 0 bridgehead atoms. The number of nitro benzene ring substituents is 1. The van der Waals surface area contributed by atoms with E-state index in [1.54, 1.807) is 12.1 Å². The van der Waals surface area contributed by atoms with Crippen LogP contribution in [0.15, 0.2) is 48.5 Å². The average Bonchev–Trinajstić information content (AvgIpc) is 2.68. The van der Waals surface area contributed by atoms with E-state index in [0.29, 0.717) is 13.1 Å². The second-order valence-corrected chi connectivity index (χ2v) is 6.80. The standard InChI is InChI=1S/C20H24N4O3/c1-16-2-4-17(5-3-16)14-21-20(25)15-22-10-12-23(13-11-22)18-6-8-19(9-7-18)24(26)27/h2-9H,10-15H2,1H3,(H,21,25). The number of aryl methyl sites for hydroxylation is 1. The minimum Gasteiger partial charge on any atom is -0.369 e. The Labute approximate surface area is 158 Å². The smallest absolute Gasteiger partial charge is 0.269 e. The molecule has 0 aliphatic carbocycles. The molecule has 1 aliphatic rings. The van der Waals surface area contributed by atoms with Crippen LogP contribution in [0.5, 0.6) is 0 Å². The Morgan fingerprint density at radius 3 is 2.26 bits per heavy atom. The highest BCUT2D eigenvalue weighted by Gasteiger charge is 2.19. The molecule has 2 aromatic carbocycles. The normalized spacial score (nSPS) is 14.8. The number of nitrogens with zero attached hydrogens (tertiary/aromatic N) is 3. The number of piperazine rings is 1. The number of carbonyl (C=O) groups excluding carboxylic acids is 1. The summed E-state index contributed by atoms with van der Waals surface area (Å²) in [6.07, 6.45) is 0. The topological polar surface area (TPSA) is 78.7 Å². The summed E-state index contributed by atoms with van der Waals surface area (Å²) in [4.78, 5) is 26.8. The van der Waals surface area contributed by atoms with Crippen molar-refractivity contribution in [2.75, 3.05) is 37.6 Å². The Bertz CT molecular complexity index is 782. The molecule has 7 heteroatoms. The molecule has 1 saturated heterocycles. The zero-order valence-electron chi connectivity index (χ0n) is 15.4. The van der Waals surface area contributed by atoms with Gasteiger partial charge in [-0.25, -0.2) is 0 Å². The largest absolute Gasteiger partial charge is 0.369 e. The summed E-state index contributed by atoms with van der Waals surface area (Å²) >= 11 is 0. The molecule has 3 rings (SSSR count). The van der Waals surface area contributed by atoms with Gasteiger partial charge in [0.1, 0.15) is 0 Å². The first kappa shape index (κ1) is 18.8. The van der Waals surface area contributed by atoms with Crippen LogP contribution in [-0.2, 0) is 11.3 Å². The van der Waals surface area contributed by atoms with Gasteiger partial charge in [0.15, 0.2) is 0 Å². The summed E-state index contributed by atoms with van der Waals surface area (Å²) in [5.74, 6) is 0.0272. The summed E-state index contributed by atoms with van der Waals surface area (Å²) < 4.78 is 0. The van der Waals surface area contributed by atoms with Gasteiger partial charge in [0.2, 0.25) is 5.91 Å². The van der Waals surface area contributed by atoms with Crippen LogP contribution in [0.2, 0.25) is 0 Å². The first-order valence-electron chi connectivity index (χ1n) is 9.05. The molecule has 1 amide bonds. The van der Waals surface area contributed by atoms with Crippen molar-refractivity contribution in [1.82, 2.24) is 10.2 Å². The number of nitro groups is 1. The second kappa shape index (κ2) is 8.64. The molecule has 0 radical (unpaired) electrons. The fraction of sp³-hybridized carbons (Fsp3) is 0.350. The van der Waals surface area contributed by atoms with Gasteiger partial charge in [-0.05, 0) is 24.6 Å². The predicted molar refractivity (Wildman–Crippen MR) is 105 cm³/mol. The molecule has 0 atom stereocenters. The molecular weight excluding hydrogens is 344 g/mol. The number of amides is 1. The van der Waals surface area contributed by atoms with E-state index in [1.165, 1.54) is 17.7 Å². The lowest BCUT2D eigenvalue weighted by Crippen LogP contribution is -2.49. The molecule has 0 unspecified atom stereocenters. The molecule has 142 valence electrons. The lowest BCUT2D eigenvalue weighted by molar-refractivity contribution is -0.384. The van der Waals surface area contributed by atoms with E-state index in [-0.39, 0.29) is 11.6 Å². The minimum atomic E-state index is -0.392. The molecule has 1 fully saturated rings. The number of hydrogen-bond acceptors (Lipinski definition) is 5. The molecule has 7 nitrogen and oxygen atoms in total. The van der Waals surface area contributed by atoms with Crippen molar-refractivity contribution in [3.63, 3.8) is 0 Å². The summed E-state index contributed by atoms with van der Waals surface area (Å²) in [5, 5.41) is 13.7. The van der Waals surface area contributed by atoms with Gasteiger partial charge in [-0.15, -0.1) is 0 Å². The predicted octanol–water partition coefficient (Wildman–Crippen LogP) is 2.34. The van der Waals surface area contributed by atoms with Crippen molar-refractivity contribution in [3.05, 3.63) is 69.8 Å². The molecule has 0 spiro atoms. The van der Waals surface area contributed by atoms with Gasteiger partial charge in [0.05, 0.1) is 11.5 Å². The Morgan fingerprint density at radius 1 is 1.04 bits per heavy atom. The van der Waals surface area contributed by atoms with Gasteiger partial charge in [-0.1, -0.05) is 29.8 Å². The van der Waals surface area contributed by atoms with Crippen LogP contribution in [0.4, 0.5) is 11.4 Å². The van der Waals surface area contributed by atoms with Crippen molar-refractivity contribution in [3.8, 4) is 0 Å². The third-order valence-corrected chi connectivity index (χ3v) is 4.78. The van der Waals surface area contributed by atoms with E-state index in [2.05, 4.69) is 15.1 Å². The highest BCUT2D eigenvalue weighted by molar-refractivity contribution is 5.78. The average molecular weight is 368 g/mol. The van der Waals surface area contributed by atoms with Crippen molar-refractivity contribution in [2.45, 2.75) is 13.5 Å². The SMILES string of the molecule is Cc1ccc(CNC(=O)CN2CCN(c3ccc([N+](=O)[O-])cc3)CC2)cc1. The number of rotatable bonds is 6. The Morgan fingerprint density at radius 2 is 1.67 bits per heavy atom. The maximum absolute atomic E-state index is 12.2. The summed E-state index contributed by atoms with van der Waals surface area (Å²) in [7, 11) is 0. The number of nitrogens with one attached hydrogen (secondary N) is 1. The minimum absolute atomic E-state index is 0.0272. The van der Waals surface area contributed by atoms with Crippen LogP contribution in [0.3, 0.4) is 0 Å². The van der Waals surface area contributed by atoms with Gasteiger partial charge in [0, 0.05) is 50.5 Å². The van der Waals surface area contributed by atoms with Gasteiger partial charge < -0.3 is 10.2 Å². The molecule has 27 heavy (non-hydrogen) atoms. The first-order chi connectivity index (χ1) is 13.0. The van der Waals surface area contributed by atoms with E-state index in [9.17, 15) is 14.9 Å². The fourth-order valence-corrected chi connectivity index (χ4v) is 3.11. The quantitative estimate of drug-likeness (QED) is 0.625. The highest BCUT2D eigenvalue weighted by Crippen LogP contribution is 2.20. The molecule has 1 aliphatic heterocycles. The number of anilines is 1. The molecule has 2 aromatic rings. The monoisotopic (exact) mass is 368 g/mol. The van der Waals surface area contributed by atoms with Crippen molar-refractivity contribution >= 4 is 17.3 Å². The zero-order chi connectivity index (χ0) is 19.2. The van der Waals surface area contributed by atoms with Gasteiger partial charge in [-0.2, -0.15) is 0 Å². The lowest BCUT2D eigenvalue weighted by Gasteiger charge is -2.35. The Balaban J connectivity index is 1.42. The Kier molecular flexibility index (Phi) is 6.03. The van der Waals surface area contributed by atoms with Crippen molar-refractivity contribution in [2.24, 2.45) is 0 Å².